The zero-order valence-corrected chi connectivity index (χ0v) is 17.2. The molecule has 1 saturated heterocycles. The van der Waals surface area contributed by atoms with Crippen LogP contribution in [0.2, 0.25) is 0 Å². The number of carbonyl (C=O) groups excluding carboxylic acids is 1. The summed E-state index contributed by atoms with van der Waals surface area (Å²) in [5, 5.41) is 0. The van der Waals surface area contributed by atoms with Gasteiger partial charge in [-0.2, -0.15) is 0 Å². The highest BCUT2D eigenvalue weighted by Crippen LogP contribution is 2.34. The molecule has 0 unspecified atom stereocenters. The van der Waals surface area contributed by atoms with Gasteiger partial charge in [0.05, 0.1) is 0 Å². The highest BCUT2D eigenvalue weighted by atomic mass is 16.6. The van der Waals surface area contributed by atoms with Gasteiger partial charge in [-0.05, 0) is 49.6 Å². The molecule has 0 aliphatic carbocycles. The van der Waals surface area contributed by atoms with Crippen LogP contribution >= 0.6 is 0 Å². The quantitative estimate of drug-likeness (QED) is 0.776. The first-order valence-corrected chi connectivity index (χ1v) is 10.4. The van der Waals surface area contributed by atoms with Crippen LogP contribution in [0.5, 0.6) is 11.6 Å². The van der Waals surface area contributed by atoms with Gasteiger partial charge in [0.25, 0.3) is 5.88 Å². The summed E-state index contributed by atoms with van der Waals surface area (Å²) in [5.41, 5.74) is 2.33. The summed E-state index contributed by atoms with van der Waals surface area (Å²) in [6, 6.07) is 12.5. The molecule has 1 amide bonds. The largest absolute Gasteiger partial charge is 0.484 e. The van der Waals surface area contributed by atoms with Gasteiger partial charge < -0.3 is 19.3 Å². The van der Waals surface area contributed by atoms with Crippen LogP contribution in [0.4, 0.5) is 0 Å². The number of nitrogens with zero attached hydrogens (tertiary/aromatic N) is 3. The maximum atomic E-state index is 11.9. The van der Waals surface area contributed by atoms with Crippen molar-refractivity contribution >= 4 is 5.91 Å². The first-order chi connectivity index (χ1) is 14.1. The minimum absolute atomic E-state index is 0.143. The van der Waals surface area contributed by atoms with Gasteiger partial charge in [-0.25, -0.2) is 4.98 Å². The summed E-state index contributed by atoms with van der Waals surface area (Å²) >= 11 is 0. The summed E-state index contributed by atoms with van der Waals surface area (Å²) in [6.45, 7) is 4.82. The van der Waals surface area contributed by atoms with Gasteiger partial charge in [0.2, 0.25) is 5.91 Å². The molecule has 1 aromatic carbocycles. The van der Waals surface area contributed by atoms with E-state index in [1.54, 1.807) is 13.1 Å². The van der Waals surface area contributed by atoms with Crippen molar-refractivity contribution < 1.29 is 14.3 Å². The number of rotatable bonds is 5. The summed E-state index contributed by atoms with van der Waals surface area (Å²) < 4.78 is 11.8. The lowest BCUT2D eigenvalue weighted by Crippen LogP contribution is -2.47. The Labute approximate surface area is 172 Å². The highest BCUT2D eigenvalue weighted by molar-refractivity contribution is 5.73. The summed E-state index contributed by atoms with van der Waals surface area (Å²) in [6.07, 6.45) is 4.99. The van der Waals surface area contributed by atoms with E-state index in [9.17, 15) is 4.79 Å². The van der Waals surface area contributed by atoms with Gasteiger partial charge in [-0.1, -0.05) is 24.3 Å². The number of benzene rings is 1. The van der Waals surface area contributed by atoms with E-state index < -0.39 is 0 Å². The lowest BCUT2D eigenvalue weighted by molar-refractivity contribution is -0.132. The number of carbonyl (C=O) groups is 1. The summed E-state index contributed by atoms with van der Waals surface area (Å²) in [4.78, 5) is 20.5. The van der Waals surface area contributed by atoms with Crippen LogP contribution in [-0.4, -0.2) is 53.5 Å². The first-order valence-electron chi connectivity index (χ1n) is 10.4. The van der Waals surface area contributed by atoms with Crippen molar-refractivity contribution in [3.05, 3.63) is 53.7 Å². The van der Waals surface area contributed by atoms with E-state index in [2.05, 4.69) is 41.2 Å². The molecule has 154 valence electrons. The SMILES string of the molecule is CC(=O)N1CCCC[C@@H]1CN(C)Cc1ccc([C@H]2COc3cccnc3O2)cc1. The van der Waals surface area contributed by atoms with Gasteiger partial charge in [-0.3, -0.25) is 4.79 Å². The number of ether oxygens (including phenoxy) is 2. The van der Waals surface area contributed by atoms with Crippen molar-refractivity contribution in [3.8, 4) is 11.6 Å². The van der Waals surface area contributed by atoms with E-state index >= 15 is 0 Å². The number of likely N-dealkylation sites (tertiary alicyclic amines) is 1. The van der Waals surface area contributed by atoms with E-state index in [-0.39, 0.29) is 12.0 Å². The van der Waals surface area contributed by atoms with Crippen molar-refractivity contribution in [2.75, 3.05) is 26.7 Å². The Morgan fingerprint density at radius 2 is 2.07 bits per heavy atom. The fourth-order valence-electron chi connectivity index (χ4n) is 4.25. The number of fused-ring (bicyclic) bond motifs is 1. The minimum Gasteiger partial charge on any atom is -0.484 e. The molecule has 0 saturated carbocycles. The van der Waals surface area contributed by atoms with Crippen LogP contribution in [-0.2, 0) is 11.3 Å². The number of pyridine rings is 1. The molecule has 6 heteroatoms. The molecule has 0 bridgehead atoms. The number of likely N-dealkylation sites (N-methyl/N-ethyl adjacent to an activating group) is 1. The average molecular weight is 396 g/mol. The van der Waals surface area contributed by atoms with E-state index in [0.717, 1.165) is 38.0 Å². The van der Waals surface area contributed by atoms with Crippen LogP contribution in [0.25, 0.3) is 0 Å². The Bertz CT molecular complexity index is 840. The van der Waals surface area contributed by atoms with Crippen LogP contribution in [0, 0.1) is 0 Å². The molecule has 0 N–H and O–H groups in total. The summed E-state index contributed by atoms with van der Waals surface area (Å²) in [7, 11) is 2.13. The smallest absolute Gasteiger partial charge is 0.257 e. The molecule has 3 heterocycles. The monoisotopic (exact) mass is 395 g/mol. The number of piperidine rings is 1. The second kappa shape index (κ2) is 8.82. The number of hydrogen-bond acceptors (Lipinski definition) is 5. The third-order valence-electron chi connectivity index (χ3n) is 5.74. The van der Waals surface area contributed by atoms with Gasteiger partial charge >= 0.3 is 0 Å². The normalized spacial score (nSPS) is 21.3. The van der Waals surface area contributed by atoms with E-state index in [1.807, 2.05) is 17.0 Å². The Balaban J connectivity index is 1.34. The Hall–Kier alpha value is -2.60. The van der Waals surface area contributed by atoms with Crippen molar-refractivity contribution in [3.63, 3.8) is 0 Å². The van der Waals surface area contributed by atoms with Crippen molar-refractivity contribution in [2.45, 2.75) is 44.9 Å². The van der Waals surface area contributed by atoms with Gasteiger partial charge in [-0.15, -0.1) is 0 Å². The number of amides is 1. The van der Waals surface area contributed by atoms with Crippen molar-refractivity contribution in [2.24, 2.45) is 0 Å². The molecular weight excluding hydrogens is 366 g/mol. The highest BCUT2D eigenvalue weighted by Gasteiger charge is 2.26. The zero-order valence-electron chi connectivity index (χ0n) is 17.2. The molecule has 2 aliphatic heterocycles. The third kappa shape index (κ3) is 4.70. The lowest BCUT2D eigenvalue weighted by Gasteiger charge is -2.37. The number of aromatic nitrogens is 1. The molecule has 1 aromatic heterocycles. The molecule has 0 spiro atoms. The van der Waals surface area contributed by atoms with Crippen LogP contribution in [0.1, 0.15) is 43.4 Å². The maximum Gasteiger partial charge on any atom is 0.257 e. The molecule has 0 radical (unpaired) electrons. The third-order valence-corrected chi connectivity index (χ3v) is 5.74. The predicted molar refractivity (Wildman–Crippen MR) is 111 cm³/mol. The molecule has 6 nitrogen and oxygen atoms in total. The zero-order chi connectivity index (χ0) is 20.2. The van der Waals surface area contributed by atoms with Crippen LogP contribution in [0.3, 0.4) is 0 Å². The fraction of sp³-hybridized carbons (Fsp3) is 0.478. The molecule has 4 rings (SSSR count). The maximum absolute atomic E-state index is 11.9. The second-order valence-electron chi connectivity index (χ2n) is 8.02. The fourth-order valence-corrected chi connectivity index (χ4v) is 4.25. The van der Waals surface area contributed by atoms with Gasteiger partial charge in [0.15, 0.2) is 11.9 Å². The topological polar surface area (TPSA) is 54.9 Å². The second-order valence-corrected chi connectivity index (χ2v) is 8.02. The molecular formula is C23H29N3O3. The van der Waals surface area contributed by atoms with E-state index in [4.69, 9.17) is 9.47 Å². The predicted octanol–water partition coefficient (Wildman–Crippen LogP) is 3.43. The van der Waals surface area contributed by atoms with Gasteiger partial charge in [0, 0.05) is 38.8 Å². The van der Waals surface area contributed by atoms with E-state index in [1.165, 1.54) is 12.0 Å². The Kier molecular flexibility index (Phi) is 6.00. The van der Waals surface area contributed by atoms with Crippen LogP contribution in [0.15, 0.2) is 42.6 Å². The minimum atomic E-state index is -0.143. The van der Waals surface area contributed by atoms with Gasteiger partial charge in [0.1, 0.15) is 6.61 Å². The standard InChI is InChI=1S/C23H29N3O3/c1-17(27)26-13-4-3-6-20(26)15-25(2)14-18-8-10-19(11-9-18)22-16-28-21-7-5-12-24-23(21)29-22/h5,7-12,20,22H,3-4,6,13-16H2,1-2H3/t20-,22-/m1/s1. The molecule has 29 heavy (non-hydrogen) atoms. The molecule has 2 aliphatic rings. The number of hydrogen-bond donors (Lipinski definition) is 0. The molecule has 2 aromatic rings. The Morgan fingerprint density at radius 1 is 1.24 bits per heavy atom. The van der Waals surface area contributed by atoms with Crippen LogP contribution < -0.4 is 9.47 Å². The van der Waals surface area contributed by atoms with Crippen molar-refractivity contribution in [1.82, 2.24) is 14.8 Å². The van der Waals surface area contributed by atoms with Crippen molar-refractivity contribution in [1.29, 1.82) is 0 Å². The average Bonchev–Trinajstić information content (AvgIpc) is 2.74. The van der Waals surface area contributed by atoms with E-state index in [0.29, 0.717) is 24.3 Å². The molecule has 2 atom stereocenters. The first kappa shape index (κ1) is 19.7. The lowest BCUT2D eigenvalue weighted by atomic mass is 10.0. The Morgan fingerprint density at radius 3 is 2.86 bits per heavy atom. The molecule has 1 fully saturated rings. The summed E-state index contributed by atoms with van der Waals surface area (Å²) in [5.74, 6) is 1.44.